The van der Waals surface area contributed by atoms with E-state index < -0.39 is 0 Å². The van der Waals surface area contributed by atoms with Crippen molar-refractivity contribution in [1.82, 2.24) is 4.98 Å². The molecular formula is C18H20N4O. The normalized spacial score (nSPS) is 19.6. The van der Waals surface area contributed by atoms with Gasteiger partial charge in [-0.15, -0.1) is 6.58 Å². The Balaban J connectivity index is 2.02. The molecule has 118 valence electrons. The highest BCUT2D eigenvalue weighted by Crippen LogP contribution is 2.40. The number of nitrogens with zero attached hydrogens (tertiary/aromatic N) is 3. The zero-order valence-electron chi connectivity index (χ0n) is 13.2. The van der Waals surface area contributed by atoms with Crippen LogP contribution >= 0.6 is 0 Å². The molecule has 2 unspecified atom stereocenters. The molecule has 5 heteroatoms. The molecule has 1 heterocycles. The minimum Gasteiger partial charge on any atom is -0.478 e. The number of H-pyrrole nitrogens is 1. The highest BCUT2D eigenvalue weighted by atomic mass is 16.5. The van der Waals surface area contributed by atoms with Crippen molar-refractivity contribution in [3.8, 4) is 18.0 Å². The average Bonchev–Trinajstić information content (AvgIpc) is 3.24. The van der Waals surface area contributed by atoms with Crippen LogP contribution in [0.1, 0.15) is 37.3 Å². The van der Waals surface area contributed by atoms with E-state index >= 15 is 0 Å². The summed E-state index contributed by atoms with van der Waals surface area (Å²) in [7, 11) is 0. The molecule has 1 N–H and O–H groups in total. The largest absolute Gasteiger partial charge is 0.478 e. The molecule has 1 aliphatic rings. The molecule has 0 bridgehead atoms. The molecule has 1 aromatic heterocycles. The van der Waals surface area contributed by atoms with Crippen molar-refractivity contribution in [2.75, 3.05) is 6.61 Å². The summed E-state index contributed by atoms with van der Waals surface area (Å²) in [5.41, 5.74) is 0.447. The predicted molar refractivity (Wildman–Crippen MR) is 89.7 cm³/mol. The minimum atomic E-state index is 0.218. The van der Waals surface area contributed by atoms with Gasteiger partial charge in [-0.25, -0.2) is 4.99 Å². The Kier molecular flexibility index (Phi) is 5.77. The molecule has 0 radical (unpaired) electrons. The van der Waals surface area contributed by atoms with Crippen LogP contribution in [0.15, 0.2) is 29.8 Å². The molecule has 0 spiro atoms. The number of nitriles is 2. The van der Waals surface area contributed by atoms with Gasteiger partial charge in [0.05, 0.1) is 6.61 Å². The summed E-state index contributed by atoms with van der Waals surface area (Å²) < 4.78 is 5.47. The molecular weight excluding hydrogens is 288 g/mol. The number of ether oxygens (including phenoxy) is 1. The van der Waals surface area contributed by atoms with Gasteiger partial charge in [-0.3, -0.25) is 0 Å². The van der Waals surface area contributed by atoms with Crippen LogP contribution in [-0.2, 0) is 0 Å². The fourth-order valence-corrected chi connectivity index (χ4v) is 2.28. The van der Waals surface area contributed by atoms with E-state index in [9.17, 15) is 10.5 Å². The van der Waals surface area contributed by atoms with E-state index in [1.807, 2.05) is 25.1 Å². The summed E-state index contributed by atoms with van der Waals surface area (Å²) in [5, 5.41) is 18.4. The molecule has 0 aromatic carbocycles. The molecule has 5 nitrogen and oxygen atoms in total. The summed E-state index contributed by atoms with van der Waals surface area (Å²) in [6.07, 6.45) is 10.6. The monoisotopic (exact) mass is 308 g/mol. The molecule has 0 amide bonds. The van der Waals surface area contributed by atoms with E-state index in [1.165, 1.54) is 6.42 Å². The maximum atomic E-state index is 9.24. The Bertz CT molecular complexity index is 700. The number of aromatic amines is 1. The third-order valence-electron chi connectivity index (χ3n) is 3.66. The van der Waals surface area contributed by atoms with Crippen LogP contribution in [0.3, 0.4) is 0 Å². The van der Waals surface area contributed by atoms with Crippen molar-refractivity contribution < 1.29 is 4.74 Å². The van der Waals surface area contributed by atoms with Gasteiger partial charge in [-0.1, -0.05) is 25.2 Å². The van der Waals surface area contributed by atoms with Gasteiger partial charge in [0.15, 0.2) is 5.82 Å². The lowest BCUT2D eigenvalue weighted by atomic mass is 10.2. The number of aliphatic imine (C=N–C) groups is 1. The smallest absolute Gasteiger partial charge is 0.212 e. The van der Waals surface area contributed by atoms with Gasteiger partial charge in [0.1, 0.15) is 23.3 Å². The van der Waals surface area contributed by atoms with Crippen molar-refractivity contribution >= 4 is 12.0 Å². The summed E-state index contributed by atoms with van der Waals surface area (Å²) in [4.78, 5) is 7.18. The van der Waals surface area contributed by atoms with Gasteiger partial charge in [0.25, 0.3) is 0 Å². The summed E-state index contributed by atoms with van der Waals surface area (Å²) in [6, 6.07) is 4.02. The highest BCUT2D eigenvalue weighted by molar-refractivity contribution is 5.70. The van der Waals surface area contributed by atoms with E-state index in [0.29, 0.717) is 36.6 Å². The van der Waals surface area contributed by atoms with Gasteiger partial charge < -0.3 is 9.72 Å². The first-order valence-electron chi connectivity index (χ1n) is 7.75. The maximum Gasteiger partial charge on any atom is 0.212 e. The molecule has 2 atom stereocenters. The van der Waals surface area contributed by atoms with Gasteiger partial charge in [-0.05, 0) is 24.7 Å². The molecule has 1 aromatic rings. The Morgan fingerprint density at radius 3 is 2.74 bits per heavy atom. The first kappa shape index (κ1) is 16.6. The molecule has 1 saturated carbocycles. The van der Waals surface area contributed by atoms with Gasteiger partial charge in [0, 0.05) is 12.6 Å². The third kappa shape index (κ3) is 4.11. The van der Waals surface area contributed by atoms with E-state index in [1.54, 1.807) is 6.21 Å². The zero-order chi connectivity index (χ0) is 16.7. The maximum absolute atomic E-state index is 9.24. The van der Waals surface area contributed by atoms with Crippen LogP contribution < -0.4 is 4.74 Å². The van der Waals surface area contributed by atoms with Gasteiger partial charge in [0.2, 0.25) is 5.88 Å². The van der Waals surface area contributed by atoms with Crippen molar-refractivity contribution in [3.63, 3.8) is 0 Å². The van der Waals surface area contributed by atoms with Crippen molar-refractivity contribution in [2.24, 2.45) is 16.8 Å². The quantitative estimate of drug-likeness (QED) is 0.581. The Morgan fingerprint density at radius 2 is 2.13 bits per heavy atom. The number of rotatable bonds is 8. The highest BCUT2D eigenvalue weighted by Gasteiger charge is 2.31. The van der Waals surface area contributed by atoms with E-state index in [2.05, 4.69) is 28.7 Å². The van der Waals surface area contributed by atoms with E-state index in [-0.39, 0.29) is 11.1 Å². The van der Waals surface area contributed by atoms with Crippen molar-refractivity contribution in [2.45, 2.75) is 26.2 Å². The Morgan fingerprint density at radius 1 is 1.35 bits per heavy atom. The minimum absolute atomic E-state index is 0.218. The van der Waals surface area contributed by atoms with Crippen molar-refractivity contribution in [3.05, 3.63) is 35.9 Å². The zero-order valence-corrected chi connectivity index (χ0v) is 13.2. The topological polar surface area (TPSA) is 85.0 Å². The molecule has 0 aliphatic heterocycles. The molecule has 1 fully saturated rings. The lowest BCUT2D eigenvalue weighted by molar-refractivity contribution is 0.306. The molecule has 2 rings (SSSR count). The van der Waals surface area contributed by atoms with Crippen LogP contribution in [0.25, 0.3) is 0 Å². The molecule has 1 aliphatic carbocycles. The Hall–Kier alpha value is -2.79. The SMILES string of the molecule is C=CC1CC1/C=C\C/C=N/c1[nH]c(OCCC)c(C#N)c1C#N. The van der Waals surface area contributed by atoms with Crippen LogP contribution in [-0.4, -0.2) is 17.8 Å². The predicted octanol–water partition coefficient (Wildman–Crippen LogP) is 4.02. The second-order valence-corrected chi connectivity index (χ2v) is 5.40. The van der Waals surface area contributed by atoms with Crippen LogP contribution in [0.2, 0.25) is 0 Å². The number of hydrogen-bond donors (Lipinski definition) is 1. The fourth-order valence-electron chi connectivity index (χ4n) is 2.28. The second kappa shape index (κ2) is 8.00. The summed E-state index contributed by atoms with van der Waals surface area (Å²) >= 11 is 0. The summed E-state index contributed by atoms with van der Waals surface area (Å²) in [5.74, 6) is 1.92. The van der Waals surface area contributed by atoms with Crippen LogP contribution in [0.5, 0.6) is 5.88 Å². The molecule has 23 heavy (non-hydrogen) atoms. The summed E-state index contributed by atoms with van der Waals surface area (Å²) in [6.45, 7) is 6.24. The average molecular weight is 308 g/mol. The third-order valence-corrected chi connectivity index (χ3v) is 3.66. The van der Waals surface area contributed by atoms with Gasteiger partial charge >= 0.3 is 0 Å². The standard InChI is InChI=1S/C18H20N4O/c1-3-9-23-18-16(12-20)15(11-19)17(22-18)21-8-6-5-7-14-10-13(14)4-2/h4-5,7-8,13-14,22H,2-3,6,9-10H2,1H3/b7-5-,21-8+. The van der Waals surface area contributed by atoms with Crippen LogP contribution in [0, 0.1) is 34.5 Å². The molecule has 0 saturated heterocycles. The van der Waals surface area contributed by atoms with E-state index in [0.717, 1.165) is 6.42 Å². The lowest BCUT2D eigenvalue weighted by Gasteiger charge is -2.00. The number of allylic oxidation sites excluding steroid dienone is 3. The van der Waals surface area contributed by atoms with Gasteiger partial charge in [-0.2, -0.15) is 10.5 Å². The number of nitrogens with one attached hydrogen (secondary N) is 1. The van der Waals surface area contributed by atoms with Crippen molar-refractivity contribution in [1.29, 1.82) is 10.5 Å². The first-order chi connectivity index (χ1) is 11.2. The second-order valence-electron chi connectivity index (χ2n) is 5.40. The lowest BCUT2D eigenvalue weighted by Crippen LogP contribution is -1.96. The Labute approximate surface area is 136 Å². The number of aromatic nitrogens is 1. The first-order valence-corrected chi connectivity index (χ1v) is 7.75. The number of hydrogen-bond acceptors (Lipinski definition) is 4. The fraction of sp³-hybridized carbons (Fsp3) is 0.389. The van der Waals surface area contributed by atoms with Crippen LogP contribution in [0.4, 0.5) is 5.82 Å². The van der Waals surface area contributed by atoms with E-state index in [4.69, 9.17) is 4.74 Å².